The molecule has 1 amide bonds. The highest BCUT2D eigenvalue weighted by atomic mass is 16.5. The molecule has 0 spiro atoms. The average molecular weight is 287 g/mol. The number of amides is 1. The Morgan fingerprint density at radius 1 is 1.43 bits per heavy atom. The van der Waals surface area contributed by atoms with Crippen molar-refractivity contribution < 1.29 is 14.3 Å². The molecule has 6 nitrogen and oxygen atoms in total. The maximum atomic E-state index is 12.6. The summed E-state index contributed by atoms with van der Waals surface area (Å²) in [7, 11) is 1.34. The third-order valence-electron chi connectivity index (χ3n) is 3.91. The number of nitrogen functional groups attached to an aromatic ring is 1. The molecule has 0 aliphatic carbocycles. The summed E-state index contributed by atoms with van der Waals surface area (Å²) in [5.41, 5.74) is 7.67. The molecule has 1 fully saturated rings. The van der Waals surface area contributed by atoms with Crippen LogP contribution in [0.5, 0.6) is 0 Å². The predicted molar refractivity (Wildman–Crippen MR) is 78.8 cm³/mol. The van der Waals surface area contributed by atoms with Crippen molar-refractivity contribution in [2.45, 2.75) is 18.9 Å². The van der Waals surface area contributed by atoms with Crippen LogP contribution in [0.1, 0.15) is 23.3 Å². The molecule has 1 aromatic carbocycles. The van der Waals surface area contributed by atoms with E-state index in [1.165, 1.54) is 7.11 Å². The van der Waals surface area contributed by atoms with Crippen molar-refractivity contribution in [3.63, 3.8) is 0 Å². The normalized spacial score (nSPS) is 18.1. The van der Waals surface area contributed by atoms with Crippen molar-refractivity contribution in [1.29, 1.82) is 0 Å². The van der Waals surface area contributed by atoms with E-state index in [1.54, 1.807) is 17.0 Å². The predicted octanol–water partition coefficient (Wildman–Crippen LogP) is 1.53. The molecule has 2 aromatic rings. The van der Waals surface area contributed by atoms with Gasteiger partial charge in [-0.2, -0.15) is 0 Å². The number of ether oxygens (including phenoxy) is 1. The van der Waals surface area contributed by atoms with Gasteiger partial charge in [0.25, 0.3) is 5.91 Å². The van der Waals surface area contributed by atoms with E-state index in [1.807, 2.05) is 12.1 Å². The number of methoxy groups -OCH3 is 1. The van der Waals surface area contributed by atoms with E-state index in [0.29, 0.717) is 24.3 Å². The Kier molecular flexibility index (Phi) is 3.29. The number of carbonyl (C=O) groups excluding carboxylic acids is 2. The second kappa shape index (κ2) is 5.12. The second-order valence-corrected chi connectivity index (χ2v) is 5.17. The summed E-state index contributed by atoms with van der Waals surface area (Å²) in [4.78, 5) is 29.0. The molecule has 6 heteroatoms. The lowest BCUT2D eigenvalue weighted by atomic mass is 10.2. The van der Waals surface area contributed by atoms with Gasteiger partial charge in [-0.3, -0.25) is 4.79 Å². The number of benzene rings is 1. The first kappa shape index (κ1) is 13.5. The first-order valence-electron chi connectivity index (χ1n) is 6.88. The van der Waals surface area contributed by atoms with Crippen LogP contribution < -0.4 is 5.73 Å². The lowest BCUT2D eigenvalue weighted by Gasteiger charge is -2.21. The fraction of sp³-hybridized carbons (Fsp3) is 0.333. The fourth-order valence-electron chi connectivity index (χ4n) is 2.84. The Balaban J connectivity index is 1.93. The minimum absolute atomic E-state index is 0.196. The van der Waals surface area contributed by atoms with Crippen LogP contribution in [-0.2, 0) is 9.53 Å². The van der Waals surface area contributed by atoms with Crippen LogP contribution in [0.15, 0.2) is 24.3 Å². The van der Waals surface area contributed by atoms with Crippen LogP contribution in [0.2, 0.25) is 0 Å². The van der Waals surface area contributed by atoms with Crippen LogP contribution in [0.25, 0.3) is 10.9 Å². The Bertz CT molecular complexity index is 707. The molecule has 0 bridgehead atoms. The van der Waals surface area contributed by atoms with Gasteiger partial charge in [0.15, 0.2) is 0 Å². The SMILES string of the molecule is COC(=O)C1CCCN1C(=O)c1cc2cccc(N)c2[nH]1. The molecule has 1 unspecified atom stereocenters. The zero-order chi connectivity index (χ0) is 15.0. The summed E-state index contributed by atoms with van der Waals surface area (Å²) in [5.74, 6) is -0.560. The number of carbonyl (C=O) groups is 2. The molecular weight excluding hydrogens is 270 g/mol. The molecule has 1 atom stereocenters. The number of aromatic nitrogens is 1. The monoisotopic (exact) mass is 287 g/mol. The molecule has 2 heterocycles. The number of nitrogens with two attached hydrogens (primary N) is 1. The third kappa shape index (κ3) is 2.22. The number of hydrogen-bond donors (Lipinski definition) is 2. The fourth-order valence-corrected chi connectivity index (χ4v) is 2.84. The van der Waals surface area contributed by atoms with Crippen LogP contribution in [-0.4, -0.2) is 41.5 Å². The number of aromatic amines is 1. The van der Waals surface area contributed by atoms with Gasteiger partial charge in [-0.25, -0.2) is 4.79 Å². The highest BCUT2D eigenvalue weighted by Crippen LogP contribution is 2.25. The number of hydrogen-bond acceptors (Lipinski definition) is 4. The largest absolute Gasteiger partial charge is 0.467 e. The number of fused-ring (bicyclic) bond motifs is 1. The van der Waals surface area contributed by atoms with E-state index < -0.39 is 6.04 Å². The zero-order valence-corrected chi connectivity index (χ0v) is 11.8. The summed E-state index contributed by atoms with van der Waals surface area (Å²) in [6.45, 7) is 0.559. The summed E-state index contributed by atoms with van der Waals surface area (Å²) in [5, 5.41) is 0.882. The smallest absolute Gasteiger partial charge is 0.328 e. The van der Waals surface area contributed by atoms with E-state index in [2.05, 4.69) is 4.98 Å². The Hall–Kier alpha value is -2.50. The summed E-state index contributed by atoms with van der Waals surface area (Å²) >= 11 is 0. The van der Waals surface area contributed by atoms with Gasteiger partial charge in [-0.1, -0.05) is 12.1 Å². The average Bonchev–Trinajstić information content (AvgIpc) is 3.13. The number of likely N-dealkylation sites (tertiary alicyclic amines) is 1. The van der Waals surface area contributed by atoms with Crippen molar-refractivity contribution in [3.05, 3.63) is 30.0 Å². The first-order valence-corrected chi connectivity index (χ1v) is 6.88. The van der Waals surface area contributed by atoms with Gasteiger partial charge >= 0.3 is 5.97 Å². The van der Waals surface area contributed by atoms with Crippen molar-refractivity contribution in [3.8, 4) is 0 Å². The summed E-state index contributed by atoms with van der Waals surface area (Å²) in [6.07, 6.45) is 1.44. The molecule has 1 aliphatic heterocycles. The molecular formula is C15H17N3O3. The van der Waals surface area contributed by atoms with Gasteiger partial charge in [0.05, 0.1) is 18.3 Å². The first-order chi connectivity index (χ1) is 10.1. The Morgan fingerprint density at radius 2 is 2.24 bits per heavy atom. The van der Waals surface area contributed by atoms with Gasteiger partial charge in [-0.15, -0.1) is 0 Å². The topological polar surface area (TPSA) is 88.4 Å². The lowest BCUT2D eigenvalue weighted by molar-refractivity contribution is -0.145. The molecule has 0 saturated carbocycles. The van der Waals surface area contributed by atoms with Gasteiger partial charge in [0, 0.05) is 11.9 Å². The minimum Gasteiger partial charge on any atom is -0.467 e. The maximum Gasteiger partial charge on any atom is 0.328 e. The quantitative estimate of drug-likeness (QED) is 0.647. The molecule has 21 heavy (non-hydrogen) atoms. The van der Waals surface area contributed by atoms with E-state index in [4.69, 9.17) is 10.5 Å². The molecule has 1 saturated heterocycles. The van der Waals surface area contributed by atoms with Gasteiger partial charge in [0.1, 0.15) is 11.7 Å². The number of nitrogens with one attached hydrogen (secondary N) is 1. The maximum absolute atomic E-state index is 12.6. The number of anilines is 1. The zero-order valence-electron chi connectivity index (χ0n) is 11.8. The number of esters is 1. The molecule has 1 aliphatic rings. The van der Waals surface area contributed by atoms with E-state index in [9.17, 15) is 9.59 Å². The molecule has 110 valence electrons. The van der Waals surface area contributed by atoms with Crippen LogP contribution in [0.3, 0.4) is 0 Å². The Labute approximate surface area is 121 Å². The summed E-state index contributed by atoms with van der Waals surface area (Å²) < 4.78 is 4.77. The molecule has 3 N–H and O–H groups in total. The molecule has 1 aromatic heterocycles. The van der Waals surface area contributed by atoms with Crippen LogP contribution >= 0.6 is 0 Å². The van der Waals surface area contributed by atoms with E-state index in [-0.39, 0.29) is 11.9 Å². The van der Waals surface area contributed by atoms with Gasteiger partial charge < -0.3 is 20.4 Å². The standard InChI is InChI=1S/C15H17N3O3/c1-21-15(20)12-6-3-7-18(12)14(19)11-8-9-4-2-5-10(16)13(9)17-11/h2,4-5,8,12,17H,3,6-7,16H2,1H3. The minimum atomic E-state index is -0.494. The van der Waals surface area contributed by atoms with Crippen molar-refractivity contribution in [2.24, 2.45) is 0 Å². The number of rotatable bonds is 2. The van der Waals surface area contributed by atoms with E-state index >= 15 is 0 Å². The van der Waals surface area contributed by atoms with Gasteiger partial charge in [-0.05, 0) is 25.0 Å². The van der Waals surface area contributed by atoms with Crippen molar-refractivity contribution in [1.82, 2.24) is 9.88 Å². The molecule has 0 radical (unpaired) electrons. The van der Waals surface area contributed by atoms with Crippen molar-refractivity contribution >= 4 is 28.5 Å². The number of nitrogens with zero attached hydrogens (tertiary/aromatic N) is 1. The van der Waals surface area contributed by atoms with Crippen LogP contribution in [0.4, 0.5) is 5.69 Å². The summed E-state index contributed by atoms with van der Waals surface area (Å²) in [6, 6.07) is 6.78. The van der Waals surface area contributed by atoms with Crippen LogP contribution in [0, 0.1) is 0 Å². The van der Waals surface area contributed by atoms with E-state index in [0.717, 1.165) is 17.3 Å². The van der Waals surface area contributed by atoms with Crippen molar-refractivity contribution in [2.75, 3.05) is 19.4 Å². The van der Waals surface area contributed by atoms with Gasteiger partial charge in [0.2, 0.25) is 0 Å². The Morgan fingerprint density at radius 3 is 2.95 bits per heavy atom. The third-order valence-corrected chi connectivity index (χ3v) is 3.91. The lowest BCUT2D eigenvalue weighted by Crippen LogP contribution is -2.41. The number of H-pyrrole nitrogens is 1. The molecule has 3 rings (SSSR count). The second-order valence-electron chi connectivity index (χ2n) is 5.17. The highest BCUT2D eigenvalue weighted by Gasteiger charge is 2.35. The highest BCUT2D eigenvalue weighted by molar-refractivity contribution is 6.02. The number of para-hydroxylation sites is 1.